The maximum atomic E-state index is 9.34. The smallest absolute Gasteiger partial charge is 0.115 e. The highest BCUT2D eigenvalue weighted by Crippen LogP contribution is 2.14. The average Bonchev–Trinajstić information content (AvgIpc) is 2.16. The summed E-state index contributed by atoms with van der Waals surface area (Å²) in [6.45, 7) is 2.77. The first-order chi connectivity index (χ1) is 7.49. The van der Waals surface area contributed by atoms with Crippen LogP contribution >= 0.6 is 0 Å². The van der Waals surface area contributed by atoms with E-state index < -0.39 is 0 Å². The number of nitrogens with two attached hydrogens (primary N) is 1. The fourth-order valence-electron chi connectivity index (χ4n) is 1.57. The van der Waals surface area contributed by atoms with Crippen molar-refractivity contribution in [2.75, 3.05) is 7.05 Å². The van der Waals surface area contributed by atoms with Crippen molar-refractivity contribution in [1.29, 1.82) is 5.41 Å². The molecule has 0 bridgehead atoms. The molecule has 88 valence electrons. The first kappa shape index (κ1) is 12.5. The van der Waals surface area contributed by atoms with Crippen LogP contribution < -0.4 is 5.73 Å². The van der Waals surface area contributed by atoms with Crippen LogP contribution in [0.2, 0.25) is 0 Å². The van der Waals surface area contributed by atoms with Gasteiger partial charge in [0.05, 0.1) is 5.84 Å². The van der Waals surface area contributed by atoms with E-state index in [0.29, 0.717) is 6.42 Å². The Morgan fingerprint density at radius 1 is 1.56 bits per heavy atom. The summed E-state index contributed by atoms with van der Waals surface area (Å²) >= 11 is 0. The van der Waals surface area contributed by atoms with Gasteiger partial charge in [-0.05, 0) is 31.7 Å². The van der Waals surface area contributed by atoms with E-state index >= 15 is 0 Å². The van der Waals surface area contributed by atoms with E-state index in [1.54, 1.807) is 12.1 Å². The molecule has 0 fully saturated rings. The molecule has 1 atom stereocenters. The zero-order valence-corrected chi connectivity index (χ0v) is 9.77. The van der Waals surface area contributed by atoms with E-state index in [9.17, 15) is 5.11 Å². The van der Waals surface area contributed by atoms with Gasteiger partial charge in [-0.1, -0.05) is 12.1 Å². The SMILES string of the molecule is CC(CC(=N)N)N(C)Cc1cccc(O)c1. The van der Waals surface area contributed by atoms with Gasteiger partial charge in [0.25, 0.3) is 0 Å². The van der Waals surface area contributed by atoms with Gasteiger partial charge in [0, 0.05) is 19.0 Å². The number of nitrogens with zero attached hydrogens (tertiary/aromatic N) is 1. The van der Waals surface area contributed by atoms with Gasteiger partial charge in [0.15, 0.2) is 0 Å². The van der Waals surface area contributed by atoms with Crippen LogP contribution in [-0.2, 0) is 6.54 Å². The Kier molecular flexibility index (Phi) is 4.31. The number of rotatable bonds is 5. The Bertz CT molecular complexity index is 365. The summed E-state index contributed by atoms with van der Waals surface area (Å²) in [6, 6.07) is 7.42. The second-order valence-electron chi connectivity index (χ2n) is 4.16. The molecule has 1 aromatic carbocycles. The number of aromatic hydroxyl groups is 1. The molecule has 4 N–H and O–H groups in total. The second-order valence-corrected chi connectivity index (χ2v) is 4.16. The summed E-state index contributed by atoms with van der Waals surface area (Å²) in [5.74, 6) is 0.486. The molecule has 0 saturated heterocycles. The van der Waals surface area contributed by atoms with Gasteiger partial charge in [-0.15, -0.1) is 0 Å². The highest BCUT2D eigenvalue weighted by Gasteiger charge is 2.10. The van der Waals surface area contributed by atoms with Crippen LogP contribution in [-0.4, -0.2) is 28.9 Å². The lowest BCUT2D eigenvalue weighted by molar-refractivity contribution is 0.254. The largest absolute Gasteiger partial charge is 0.508 e. The van der Waals surface area contributed by atoms with Crippen LogP contribution in [0.5, 0.6) is 5.75 Å². The third-order valence-corrected chi connectivity index (χ3v) is 2.61. The highest BCUT2D eigenvalue weighted by atomic mass is 16.3. The topological polar surface area (TPSA) is 73.3 Å². The van der Waals surface area contributed by atoms with Crippen LogP contribution in [0.3, 0.4) is 0 Å². The lowest BCUT2D eigenvalue weighted by Crippen LogP contribution is -2.32. The number of hydrogen-bond donors (Lipinski definition) is 3. The molecule has 0 spiro atoms. The van der Waals surface area contributed by atoms with Crippen molar-refractivity contribution < 1.29 is 5.11 Å². The fourth-order valence-corrected chi connectivity index (χ4v) is 1.57. The number of phenols is 1. The standard InChI is InChI=1S/C12H19N3O/c1-9(6-12(13)14)15(2)8-10-4-3-5-11(16)7-10/h3-5,7,9,16H,6,8H2,1-2H3,(H3,13,14). The summed E-state index contributed by atoms with van der Waals surface area (Å²) in [7, 11) is 1.98. The number of benzene rings is 1. The van der Waals surface area contributed by atoms with E-state index in [1.807, 2.05) is 26.1 Å². The molecule has 0 heterocycles. The molecule has 1 unspecified atom stereocenters. The van der Waals surface area contributed by atoms with Gasteiger partial charge in [0.1, 0.15) is 5.75 Å². The van der Waals surface area contributed by atoms with Gasteiger partial charge in [0.2, 0.25) is 0 Å². The zero-order chi connectivity index (χ0) is 12.1. The third kappa shape index (κ3) is 3.90. The van der Waals surface area contributed by atoms with Gasteiger partial charge in [-0.3, -0.25) is 10.3 Å². The maximum Gasteiger partial charge on any atom is 0.115 e. The van der Waals surface area contributed by atoms with Crippen molar-refractivity contribution in [1.82, 2.24) is 4.90 Å². The number of phenolic OH excluding ortho intramolecular Hbond substituents is 1. The summed E-state index contributed by atoms with van der Waals surface area (Å²) in [5.41, 5.74) is 6.42. The minimum atomic E-state index is 0.204. The van der Waals surface area contributed by atoms with Crippen molar-refractivity contribution >= 4 is 5.84 Å². The van der Waals surface area contributed by atoms with E-state index in [4.69, 9.17) is 11.1 Å². The summed E-state index contributed by atoms with van der Waals surface area (Å²) in [6.07, 6.45) is 0.565. The van der Waals surface area contributed by atoms with Crippen LogP contribution in [0.15, 0.2) is 24.3 Å². The lowest BCUT2D eigenvalue weighted by atomic mass is 10.1. The van der Waals surface area contributed by atoms with Gasteiger partial charge in [-0.2, -0.15) is 0 Å². The molecule has 0 aromatic heterocycles. The molecule has 0 amide bonds. The second kappa shape index (κ2) is 5.51. The molecular weight excluding hydrogens is 202 g/mol. The fraction of sp³-hybridized carbons (Fsp3) is 0.417. The Hall–Kier alpha value is -1.55. The number of amidine groups is 1. The predicted octanol–water partition coefficient (Wildman–Crippen LogP) is 1.54. The number of nitrogens with one attached hydrogen (secondary N) is 1. The van der Waals surface area contributed by atoms with E-state index in [2.05, 4.69) is 4.90 Å². The molecule has 1 aromatic rings. The van der Waals surface area contributed by atoms with E-state index in [0.717, 1.165) is 12.1 Å². The molecule has 0 radical (unpaired) electrons. The molecular formula is C12H19N3O. The molecule has 1 rings (SSSR count). The van der Waals surface area contributed by atoms with Crippen LogP contribution in [0.4, 0.5) is 0 Å². The van der Waals surface area contributed by atoms with Crippen molar-refractivity contribution in [2.24, 2.45) is 5.73 Å². The van der Waals surface area contributed by atoms with Gasteiger partial charge < -0.3 is 10.8 Å². The molecule has 16 heavy (non-hydrogen) atoms. The van der Waals surface area contributed by atoms with Crippen molar-refractivity contribution in [3.8, 4) is 5.75 Å². The normalized spacial score (nSPS) is 12.7. The summed E-state index contributed by atoms with van der Waals surface area (Å²) in [5, 5.41) is 16.6. The minimum Gasteiger partial charge on any atom is -0.508 e. The molecule has 4 nitrogen and oxygen atoms in total. The molecule has 4 heteroatoms. The molecule has 0 aliphatic heterocycles. The molecule has 0 aliphatic carbocycles. The quantitative estimate of drug-likeness (QED) is 0.521. The highest BCUT2D eigenvalue weighted by molar-refractivity contribution is 5.77. The monoisotopic (exact) mass is 221 g/mol. The summed E-state index contributed by atoms with van der Waals surface area (Å²) in [4.78, 5) is 2.11. The Morgan fingerprint density at radius 3 is 2.81 bits per heavy atom. The maximum absolute atomic E-state index is 9.34. The van der Waals surface area contributed by atoms with Crippen molar-refractivity contribution in [2.45, 2.75) is 25.9 Å². The van der Waals surface area contributed by atoms with Crippen LogP contribution in [0.25, 0.3) is 0 Å². The Balaban J connectivity index is 2.56. The average molecular weight is 221 g/mol. The van der Waals surface area contributed by atoms with Crippen LogP contribution in [0, 0.1) is 5.41 Å². The summed E-state index contributed by atoms with van der Waals surface area (Å²) < 4.78 is 0. The number of hydrogen-bond acceptors (Lipinski definition) is 3. The first-order valence-electron chi connectivity index (χ1n) is 5.30. The third-order valence-electron chi connectivity index (χ3n) is 2.61. The van der Waals surface area contributed by atoms with Crippen molar-refractivity contribution in [3.63, 3.8) is 0 Å². The Morgan fingerprint density at radius 2 is 2.25 bits per heavy atom. The van der Waals surface area contributed by atoms with Crippen LogP contribution in [0.1, 0.15) is 18.9 Å². The Labute approximate surface area is 96.2 Å². The predicted molar refractivity (Wildman–Crippen MR) is 65.6 cm³/mol. The van der Waals surface area contributed by atoms with Gasteiger partial charge >= 0.3 is 0 Å². The minimum absolute atomic E-state index is 0.204. The van der Waals surface area contributed by atoms with E-state index in [1.165, 1.54) is 0 Å². The zero-order valence-electron chi connectivity index (χ0n) is 9.77. The molecule has 0 aliphatic rings. The van der Waals surface area contributed by atoms with E-state index in [-0.39, 0.29) is 17.6 Å². The molecule has 0 saturated carbocycles. The van der Waals surface area contributed by atoms with Gasteiger partial charge in [-0.25, -0.2) is 0 Å². The van der Waals surface area contributed by atoms with Crippen molar-refractivity contribution in [3.05, 3.63) is 29.8 Å². The first-order valence-corrected chi connectivity index (χ1v) is 5.30. The lowest BCUT2D eigenvalue weighted by Gasteiger charge is -2.24.